The highest BCUT2D eigenvalue weighted by molar-refractivity contribution is 7.95. The molecule has 1 aromatic rings. The summed E-state index contributed by atoms with van der Waals surface area (Å²) in [5.74, 6) is -0.253. The van der Waals surface area contributed by atoms with Gasteiger partial charge in [0.15, 0.2) is 4.90 Å². The van der Waals surface area contributed by atoms with Crippen molar-refractivity contribution in [3.63, 3.8) is 0 Å². The second-order valence-electron chi connectivity index (χ2n) is 2.80. The molecule has 0 heterocycles. The summed E-state index contributed by atoms with van der Waals surface area (Å²) >= 11 is 0. The minimum Gasteiger partial charge on any atom is -0.465 e. The summed E-state index contributed by atoms with van der Waals surface area (Å²) in [7, 11) is 1.49. The van der Waals surface area contributed by atoms with Crippen LogP contribution in [-0.2, 0) is 15.6 Å². The number of rotatable bonds is 2. The molecule has 0 spiro atoms. The summed E-state index contributed by atoms with van der Waals surface area (Å²) in [4.78, 5) is 12.4. The Labute approximate surface area is 81.3 Å². The van der Waals surface area contributed by atoms with Crippen molar-refractivity contribution in [1.82, 2.24) is 0 Å². The van der Waals surface area contributed by atoms with E-state index in [2.05, 4.69) is 12.5 Å². The Bertz CT molecular complexity index is 308. The van der Waals surface area contributed by atoms with Gasteiger partial charge in [0.25, 0.3) is 0 Å². The molecule has 13 heavy (non-hydrogen) atoms. The van der Waals surface area contributed by atoms with Crippen LogP contribution in [0.5, 0.6) is 0 Å². The van der Waals surface area contributed by atoms with Gasteiger partial charge in [0.2, 0.25) is 0 Å². The highest BCUT2D eigenvalue weighted by Gasteiger charge is 2.19. The Hall–Kier alpha value is -0.960. The van der Waals surface area contributed by atoms with E-state index in [9.17, 15) is 4.79 Å². The Morgan fingerprint density at radius 2 is 1.92 bits per heavy atom. The minimum absolute atomic E-state index is 0.0865. The molecule has 0 bridgehead atoms. The lowest BCUT2D eigenvalue weighted by molar-refractivity contribution is 0.0596. The van der Waals surface area contributed by atoms with E-state index in [0.29, 0.717) is 5.56 Å². The number of carbonyl (C=O) groups excluding carboxylic acids is 1. The Morgan fingerprint density at radius 3 is 2.46 bits per heavy atom. The van der Waals surface area contributed by atoms with Crippen LogP contribution in [0, 0.1) is 0 Å². The fourth-order valence-corrected chi connectivity index (χ4v) is 2.04. The lowest BCUT2D eigenvalue weighted by Gasteiger charge is -2.02. The zero-order valence-electron chi connectivity index (χ0n) is 8.03. The Kier molecular flexibility index (Phi) is 3.37. The quantitative estimate of drug-likeness (QED) is 0.533. The molecule has 3 heteroatoms. The van der Waals surface area contributed by atoms with E-state index in [-0.39, 0.29) is 16.9 Å². The molecule has 0 atom stereocenters. The first-order valence-electron chi connectivity index (χ1n) is 3.91. The summed E-state index contributed by atoms with van der Waals surface area (Å²) in [6.07, 6.45) is 4.17. The van der Waals surface area contributed by atoms with Gasteiger partial charge in [-0.1, -0.05) is 12.1 Å². The van der Waals surface area contributed by atoms with Gasteiger partial charge in [0, 0.05) is 10.9 Å². The van der Waals surface area contributed by atoms with E-state index in [0.717, 1.165) is 4.90 Å². The summed E-state index contributed by atoms with van der Waals surface area (Å²) in [6, 6.07) is 7.56. The number of carbonyl (C=O) groups is 1. The second-order valence-corrected chi connectivity index (χ2v) is 4.88. The molecule has 0 fully saturated rings. The molecule has 1 aromatic carbocycles. The number of hydrogen-bond acceptors (Lipinski definition) is 2. The van der Waals surface area contributed by atoms with Crippen molar-refractivity contribution in [2.24, 2.45) is 0 Å². The van der Waals surface area contributed by atoms with Crippen LogP contribution in [0.15, 0.2) is 29.2 Å². The van der Waals surface area contributed by atoms with Crippen molar-refractivity contribution < 1.29 is 9.53 Å². The first kappa shape index (κ1) is 10.1. The van der Waals surface area contributed by atoms with Crippen LogP contribution >= 0.6 is 0 Å². The van der Waals surface area contributed by atoms with Crippen LogP contribution in [0.1, 0.15) is 10.4 Å². The fourth-order valence-electron chi connectivity index (χ4n) is 1.10. The molecule has 0 aliphatic heterocycles. The van der Waals surface area contributed by atoms with Crippen molar-refractivity contribution in [2.45, 2.75) is 4.90 Å². The maximum absolute atomic E-state index is 11.3. The van der Waals surface area contributed by atoms with E-state index < -0.39 is 0 Å². The topological polar surface area (TPSA) is 26.3 Å². The molecule has 1 rings (SSSR count). The smallest absolute Gasteiger partial charge is 0.342 e. The van der Waals surface area contributed by atoms with Crippen LogP contribution in [0.4, 0.5) is 0 Å². The number of methoxy groups -OCH3 is 1. The van der Waals surface area contributed by atoms with Crippen LogP contribution < -0.4 is 0 Å². The van der Waals surface area contributed by atoms with E-state index in [1.54, 1.807) is 6.07 Å². The van der Waals surface area contributed by atoms with E-state index in [4.69, 9.17) is 4.74 Å². The third kappa shape index (κ3) is 2.25. The van der Waals surface area contributed by atoms with Gasteiger partial charge >= 0.3 is 5.97 Å². The predicted octanol–water partition coefficient (Wildman–Crippen LogP) is 1.71. The van der Waals surface area contributed by atoms with Crippen LogP contribution in [-0.4, -0.2) is 25.6 Å². The maximum atomic E-state index is 11.3. The molecule has 70 valence electrons. The van der Waals surface area contributed by atoms with Gasteiger partial charge < -0.3 is 4.74 Å². The monoisotopic (exact) mass is 197 g/mol. The van der Waals surface area contributed by atoms with Gasteiger partial charge in [-0.25, -0.2) is 4.79 Å². The molecule has 0 unspecified atom stereocenters. The summed E-state index contributed by atoms with van der Waals surface area (Å²) in [5.41, 5.74) is 0.679. The van der Waals surface area contributed by atoms with Crippen LogP contribution in [0.25, 0.3) is 0 Å². The molecule has 0 amide bonds. The largest absolute Gasteiger partial charge is 0.465 e. The van der Waals surface area contributed by atoms with Gasteiger partial charge in [-0.2, -0.15) is 0 Å². The highest BCUT2D eigenvalue weighted by Crippen LogP contribution is 2.15. The molecule has 0 aliphatic carbocycles. The average Bonchev–Trinajstić information content (AvgIpc) is 2.16. The molecule has 2 nitrogen and oxygen atoms in total. The molecule has 0 saturated carbocycles. The van der Waals surface area contributed by atoms with Gasteiger partial charge in [0.05, 0.1) is 7.11 Å². The Balaban J connectivity index is 3.12. The Morgan fingerprint density at radius 1 is 1.31 bits per heavy atom. The van der Waals surface area contributed by atoms with Crippen molar-refractivity contribution >= 4 is 16.9 Å². The third-order valence-corrected chi connectivity index (χ3v) is 2.97. The normalized spacial score (nSPS) is 10.2. The number of benzene rings is 1. The zero-order valence-corrected chi connectivity index (χ0v) is 8.85. The predicted molar refractivity (Wildman–Crippen MR) is 55.3 cm³/mol. The standard InChI is InChI=1S/C10H13O2S/c1-12-10(11)8-6-4-5-7-9(8)13(2)3/h4-7H,1-3H3/q+1. The van der Waals surface area contributed by atoms with Crippen LogP contribution in [0.2, 0.25) is 0 Å². The van der Waals surface area contributed by atoms with Gasteiger partial charge in [-0.05, 0) is 12.1 Å². The first-order valence-corrected chi connectivity index (χ1v) is 5.96. The van der Waals surface area contributed by atoms with Crippen molar-refractivity contribution in [3.8, 4) is 0 Å². The fraction of sp³-hybridized carbons (Fsp3) is 0.300. The van der Waals surface area contributed by atoms with Crippen molar-refractivity contribution in [1.29, 1.82) is 0 Å². The molecule has 0 aromatic heterocycles. The molecular formula is C10H13O2S+. The average molecular weight is 197 g/mol. The number of ether oxygens (including phenoxy) is 1. The molecule has 0 aliphatic rings. The third-order valence-electron chi connectivity index (χ3n) is 1.73. The molecule has 0 radical (unpaired) electrons. The lowest BCUT2D eigenvalue weighted by Crippen LogP contribution is -2.08. The van der Waals surface area contributed by atoms with Gasteiger partial charge in [0.1, 0.15) is 18.1 Å². The highest BCUT2D eigenvalue weighted by atomic mass is 32.2. The maximum Gasteiger partial charge on any atom is 0.342 e. The lowest BCUT2D eigenvalue weighted by atomic mass is 10.2. The summed E-state index contributed by atoms with van der Waals surface area (Å²) < 4.78 is 4.69. The van der Waals surface area contributed by atoms with Gasteiger partial charge in [-0.3, -0.25) is 0 Å². The molecule has 0 saturated heterocycles. The van der Waals surface area contributed by atoms with Crippen molar-refractivity contribution in [3.05, 3.63) is 29.8 Å². The minimum atomic E-state index is -0.253. The number of hydrogen-bond donors (Lipinski definition) is 0. The van der Waals surface area contributed by atoms with E-state index >= 15 is 0 Å². The number of esters is 1. The SMILES string of the molecule is COC(=O)c1ccccc1[S+](C)C. The van der Waals surface area contributed by atoms with Gasteiger partial charge in [-0.15, -0.1) is 0 Å². The van der Waals surface area contributed by atoms with E-state index in [1.165, 1.54) is 7.11 Å². The first-order chi connectivity index (χ1) is 6.16. The molecular weight excluding hydrogens is 184 g/mol. The van der Waals surface area contributed by atoms with E-state index in [1.807, 2.05) is 18.2 Å². The van der Waals surface area contributed by atoms with Crippen LogP contribution in [0.3, 0.4) is 0 Å². The zero-order chi connectivity index (χ0) is 9.84. The summed E-state index contributed by atoms with van der Waals surface area (Å²) in [5, 5.41) is 0. The molecule has 0 N–H and O–H groups in total. The summed E-state index contributed by atoms with van der Waals surface area (Å²) in [6.45, 7) is 0. The van der Waals surface area contributed by atoms with Crippen molar-refractivity contribution in [2.75, 3.05) is 19.6 Å². The second kappa shape index (κ2) is 4.33.